The molecule has 0 aliphatic carbocycles. The molecule has 1 saturated heterocycles. The summed E-state index contributed by atoms with van der Waals surface area (Å²) >= 11 is 0. The van der Waals surface area contributed by atoms with Gasteiger partial charge in [0.2, 0.25) is 5.91 Å². The van der Waals surface area contributed by atoms with Gasteiger partial charge in [0, 0.05) is 25.4 Å². The standard InChI is InChI=1S/C16H21NO5S/c1-21-13-4-3-11-7-12(10-22-15(11)8-13)16(18)17-6-5-14(9-17)23(2,19)20/h3-4,8,12,14H,5-7,9-10H2,1-2H3/t12-,14+/m0/s1. The summed E-state index contributed by atoms with van der Waals surface area (Å²) in [6, 6.07) is 5.59. The molecule has 0 saturated carbocycles. The van der Waals surface area contributed by atoms with Crippen LogP contribution in [0.1, 0.15) is 12.0 Å². The normalized spacial score (nSPS) is 24.0. The molecule has 1 aromatic rings. The average Bonchev–Trinajstić information content (AvgIpc) is 3.03. The topological polar surface area (TPSA) is 72.9 Å². The van der Waals surface area contributed by atoms with Crippen molar-refractivity contribution in [1.82, 2.24) is 4.90 Å². The van der Waals surface area contributed by atoms with Crippen LogP contribution in [0.15, 0.2) is 18.2 Å². The maximum Gasteiger partial charge on any atom is 0.229 e. The van der Waals surface area contributed by atoms with Crippen LogP contribution < -0.4 is 9.47 Å². The molecule has 6 nitrogen and oxygen atoms in total. The summed E-state index contributed by atoms with van der Waals surface area (Å²) in [6.45, 7) is 1.12. The minimum atomic E-state index is -3.10. The molecule has 2 heterocycles. The summed E-state index contributed by atoms with van der Waals surface area (Å²) in [6.07, 6.45) is 2.36. The van der Waals surface area contributed by atoms with Gasteiger partial charge < -0.3 is 14.4 Å². The van der Waals surface area contributed by atoms with E-state index in [2.05, 4.69) is 0 Å². The molecule has 2 aliphatic rings. The van der Waals surface area contributed by atoms with E-state index in [-0.39, 0.29) is 11.8 Å². The largest absolute Gasteiger partial charge is 0.497 e. The number of ether oxygens (including phenoxy) is 2. The Labute approximate surface area is 136 Å². The second kappa shape index (κ2) is 6.03. The molecule has 0 N–H and O–H groups in total. The van der Waals surface area contributed by atoms with Gasteiger partial charge in [-0.15, -0.1) is 0 Å². The number of methoxy groups -OCH3 is 1. The smallest absolute Gasteiger partial charge is 0.229 e. The Morgan fingerprint density at radius 2 is 2.17 bits per heavy atom. The fraction of sp³-hybridized carbons (Fsp3) is 0.562. The minimum Gasteiger partial charge on any atom is -0.497 e. The van der Waals surface area contributed by atoms with Crippen LogP contribution in [0.25, 0.3) is 0 Å². The van der Waals surface area contributed by atoms with Crippen molar-refractivity contribution in [3.8, 4) is 11.5 Å². The highest BCUT2D eigenvalue weighted by molar-refractivity contribution is 7.91. The molecule has 1 fully saturated rings. The van der Waals surface area contributed by atoms with Gasteiger partial charge in [-0.25, -0.2) is 8.42 Å². The van der Waals surface area contributed by atoms with Crippen LogP contribution in [0.2, 0.25) is 0 Å². The Balaban J connectivity index is 1.68. The molecular weight excluding hydrogens is 318 g/mol. The Bertz CT molecular complexity index is 715. The van der Waals surface area contributed by atoms with Crippen molar-refractivity contribution in [3.63, 3.8) is 0 Å². The second-order valence-electron chi connectivity index (χ2n) is 6.21. The number of fused-ring (bicyclic) bond motifs is 1. The average molecular weight is 339 g/mol. The number of hydrogen-bond acceptors (Lipinski definition) is 5. The van der Waals surface area contributed by atoms with E-state index in [0.29, 0.717) is 32.5 Å². The predicted molar refractivity (Wildman–Crippen MR) is 85.5 cm³/mol. The van der Waals surface area contributed by atoms with Crippen LogP contribution >= 0.6 is 0 Å². The van der Waals surface area contributed by atoms with Gasteiger partial charge in [0.25, 0.3) is 0 Å². The molecule has 3 rings (SSSR count). The number of carbonyl (C=O) groups is 1. The maximum absolute atomic E-state index is 12.6. The number of carbonyl (C=O) groups excluding carboxylic acids is 1. The zero-order valence-corrected chi connectivity index (χ0v) is 14.1. The molecule has 2 atom stereocenters. The van der Waals surface area contributed by atoms with Crippen molar-refractivity contribution >= 4 is 15.7 Å². The van der Waals surface area contributed by atoms with Crippen molar-refractivity contribution in [3.05, 3.63) is 23.8 Å². The van der Waals surface area contributed by atoms with Crippen molar-refractivity contribution in [1.29, 1.82) is 0 Å². The molecule has 23 heavy (non-hydrogen) atoms. The summed E-state index contributed by atoms with van der Waals surface area (Å²) in [7, 11) is -1.50. The number of likely N-dealkylation sites (tertiary alicyclic amines) is 1. The lowest BCUT2D eigenvalue weighted by atomic mass is 9.95. The quantitative estimate of drug-likeness (QED) is 0.818. The van der Waals surface area contributed by atoms with Gasteiger partial charge >= 0.3 is 0 Å². The highest BCUT2D eigenvalue weighted by Crippen LogP contribution is 2.32. The van der Waals surface area contributed by atoms with Gasteiger partial charge in [-0.1, -0.05) is 6.07 Å². The Morgan fingerprint density at radius 3 is 2.83 bits per heavy atom. The van der Waals surface area contributed by atoms with Crippen LogP contribution in [0.4, 0.5) is 0 Å². The van der Waals surface area contributed by atoms with Crippen LogP contribution in [0.5, 0.6) is 11.5 Å². The van der Waals surface area contributed by atoms with E-state index in [0.717, 1.165) is 17.1 Å². The highest BCUT2D eigenvalue weighted by atomic mass is 32.2. The molecule has 2 aliphatic heterocycles. The second-order valence-corrected chi connectivity index (χ2v) is 8.54. The van der Waals surface area contributed by atoms with E-state index in [1.165, 1.54) is 6.26 Å². The Kier molecular flexibility index (Phi) is 4.23. The zero-order chi connectivity index (χ0) is 16.6. The first-order chi connectivity index (χ1) is 10.9. The number of hydrogen-bond donors (Lipinski definition) is 0. The van der Waals surface area contributed by atoms with E-state index >= 15 is 0 Å². The first-order valence-corrected chi connectivity index (χ1v) is 9.61. The van der Waals surface area contributed by atoms with Crippen molar-refractivity contribution in [2.24, 2.45) is 5.92 Å². The number of amides is 1. The van der Waals surface area contributed by atoms with Gasteiger partial charge in [0.1, 0.15) is 18.1 Å². The van der Waals surface area contributed by atoms with Crippen LogP contribution in [0, 0.1) is 5.92 Å². The fourth-order valence-corrected chi connectivity index (χ4v) is 4.16. The van der Waals surface area contributed by atoms with E-state index in [1.807, 2.05) is 18.2 Å². The van der Waals surface area contributed by atoms with Crippen molar-refractivity contribution in [2.75, 3.05) is 33.1 Å². The molecule has 1 aromatic carbocycles. The lowest BCUT2D eigenvalue weighted by molar-refractivity contribution is -0.135. The zero-order valence-electron chi connectivity index (χ0n) is 13.3. The molecule has 0 bridgehead atoms. The van der Waals surface area contributed by atoms with Crippen molar-refractivity contribution in [2.45, 2.75) is 18.1 Å². The molecule has 0 unspecified atom stereocenters. The third-order valence-corrected chi connectivity index (χ3v) is 6.19. The molecule has 1 amide bonds. The monoisotopic (exact) mass is 339 g/mol. The summed E-state index contributed by atoms with van der Waals surface area (Å²) in [5, 5.41) is -0.437. The third kappa shape index (κ3) is 3.29. The number of nitrogens with zero attached hydrogens (tertiary/aromatic N) is 1. The van der Waals surface area contributed by atoms with Crippen molar-refractivity contribution < 1.29 is 22.7 Å². The predicted octanol–water partition coefficient (Wildman–Crippen LogP) is 0.892. The van der Waals surface area contributed by atoms with Gasteiger partial charge in [-0.05, 0) is 24.5 Å². The molecule has 0 spiro atoms. The number of sulfone groups is 1. The maximum atomic E-state index is 12.6. The first kappa shape index (κ1) is 16.1. The first-order valence-electron chi connectivity index (χ1n) is 7.66. The number of rotatable bonds is 3. The van der Waals surface area contributed by atoms with Gasteiger partial charge in [0.05, 0.1) is 18.3 Å². The van der Waals surface area contributed by atoms with E-state index in [9.17, 15) is 13.2 Å². The van der Waals surface area contributed by atoms with Crippen LogP contribution in [0.3, 0.4) is 0 Å². The molecular formula is C16H21NO5S. The highest BCUT2D eigenvalue weighted by Gasteiger charge is 2.36. The van der Waals surface area contributed by atoms with E-state index in [1.54, 1.807) is 12.0 Å². The summed E-state index contributed by atoms with van der Waals surface area (Å²) in [5.41, 5.74) is 0.981. The SMILES string of the molecule is COc1ccc2c(c1)OC[C@@H](C(=O)N1CC[C@@H](S(C)(=O)=O)C1)C2. The van der Waals surface area contributed by atoms with Gasteiger partial charge in [-0.2, -0.15) is 0 Å². The van der Waals surface area contributed by atoms with Crippen LogP contribution in [-0.4, -0.2) is 57.5 Å². The molecule has 0 radical (unpaired) electrons. The third-order valence-electron chi connectivity index (χ3n) is 4.59. The fourth-order valence-electron chi connectivity index (χ4n) is 3.17. The molecule has 0 aromatic heterocycles. The van der Waals surface area contributed by atoms with Crippen LogP contribution in [-0.2, 0) is 21.1 Å². The lowest BCUT2D eigenvalue weighted by Crippen LogP contribution is -2.40. The molecule has 126 valence electrons. The Morgan fingerprint density at radius 1 is 1.39 bits per heavy atom. The van der Waals surface area contributed by atoms with E-state index in [4.69, 9.17) is 9.47 Å². The summed E-state index contributed by atoms with van der Waals surface area (Å²) in [4.78, 5) is 14.3. The summed E-state index contributed by atoms with van der Waals surface area (Å²) < 4.78 is 34.1. The lowest BCUT2D eigenvalue weighted by Gasteiger charge is -2.28. The minimum absolute atomic E-state index is 0.0161. The van der Waals surface area contributed by atoms with E-state index < -0.39 is 15.1 Å². The number of benzene rings is 1. The van der Waals surface area contributed by atoms with Gasteiger partial charge in [0.15, 0.2) is 9.84 Å². The summed E-state index contributed by atoms with van der Waals surface area (Å²) in [5.74, 6) is 1.21. The Hall–Kier alpha value is -1.76. The molecule has 7 heteroatoms. The van der Waals surface area contributed by atoms with Gasteiger partial charge in [-0.3, -0.25) is 4.79 Å².